The first-order chi connectivity index (χ1) is 9.07. The van der Waals surface area contributed by atoms with Crippen molar-refractivity contribution in [2.75, 3.05) is 0 Å². The Labute approximate surface area is 113 Å². The molecule has 0 aromatic heterocycles. The smallest absolute Gasteiger partial charge is 0.203 e. The molecule has 0 radical (unpaired) electrons. The van der Waals surface area contributed by atoms with Crippen LogP contribution in [0.3, 0.4) is 0 Å². The van der Waals surface area contributed by atoms with Crippen molar-refractivity contribution in [1.82, 2.24) is 0 Å². The Bertz CT molecular complexity index is 754. The highest BCUT2D eigenvalue weighted by Crippen LogP contribution is 2.31. The minimum absolute atomic E-state index is 0.372. The SMILES string of the molecule is Cc1ccc(S(=O)(=O)C2=Cc3ccccc3C2)cc1. The van der Waals surface area contributed by atoms with Crippen molar-refractivity contribution in [3.05, 3.63) is 70.1 Å². The molecule has 0 fully saturated rings. The average molecular weight is 270 g/mol. The first-order valence-corrected chi connectivity index (χ1v) is 7.66. The first kappa shape index (κ1) is 12.2. The monoisotopic (exact) mass is 270 g/mol. The van der Waals surface area contributed by atoms with Crippen LogP contribution in [0.15, 0.2) is 58.3 Å². The van der Waals surface area contributed by atoms with E-state index in [4.69, 9.17) is 0 Å². The molecular weight excluding hydrogens is 256 g/mol. The van der Waals surface area contributed by atoms with E-state index in [1.165, 1.54) is 0 Å². The maximum atomic E-state index is 12.5. The zero-order valence-electron chi connectivity index (χ0n) is 10.6. The average Bonchev–Trinajstić information content (AvgIpc) is 2.83. The van der Waals surface area contributed by atoms with E-state index in [0.29, 0.717) is 16.2 Å². The Morgan fingerprint density at radius 2 is 1.63 bits per heavy atom. The van der Waals surface area contributed by atoms with E-state index in [1.54, 1.807) is 18.2 Å². The number of fused-ring (bicyclic) bond motifs is 1. The zero-order chi connectivity index (χ0) is 13.5. The molecule has 0 N–H and O–H groups in total. The van der Waals surface area contributed by atoms with Gasteiger partial charge in [-0.15, -0.1) is 0 Å². The second-order valence-corrected chi connectivity index (χ2v) is 6.81. The molecule has 2 aromatic rings. The summed E-state index contributed by atoms with van der Waals surface area (Å²) in [7, 11) is -3.36. The van der Waals surface area contributed by atoms with Gasteiger partial charge in [-0.3, -0.25) is 0 Å². The summed E-state index contributed by atoms with van der Waals surface area (Å²) in [6.07, 6.45) is 2.27. The van der Waals surface area contributed by atoms with Gasteiger partial charge in [-0.1, -0.05) is 42.0 Å². The van der Waals surface area contributed by atoms with Crippen LogP contribution in [-0.2, 0) is 16.3 Å². The second kappa shape index (κ2) is 4.35. The number of allylic oxidation sites excluding steroid dienone is 1. The summed E-state index contributed by atoms with van der Waals surface area (Å²) < 4.78 is 25.1. The van der Waals surface area contributed by atoms with Crippen LogP contribution in [-0.4, -0.2) is 8.42 Å². The van der Waals surface area contributed by atoms with Crippen LogP contribution in [0.5, 0.6) is 0 Å². The minimum atomic E-state index is -3.36. The van der Waals surface area contributed by atoms with E-state index in [0.717, 1.165) is 16.7 Å². The summed E-state index contributed by atoms with van der Waals surface area (Å²) in [4.78, 5) is 0.856. The summed E-state index contributed by atoms with van der Waals surface area (Å²) in [5.74, 6) is 0. The maximum absolute atomic E-state index is 12.5. The number of benzene rings is 2. The van der Waals surface area contributed by atoms with Crippen molar-refractivity contribution < 1.29 is 8.42 Å². The molecule has 0 unspecified atom stereocenters. The van der Waals surface area contributed by atoms with Crippen LogP contribution < -0.4 is 0 Å². The molecule has 0 heterocycles. The highest BCUT2D eigenvalue weighted by Gasteiger charge is 2.25. The van der Waals surface area contributed by atoms with E-state index in [-0.39, 0.29) is 0 Å². The molecule has 2 nitrogen and oxygen atoms in total. The Hall–Kier alpha value is -1.87. The molecule has 1 aliphatic carbocycles. The van der Waals surface area contributed by atoms with E-state index < -0.39 is 9.84 Å². The molecule has 0 aliphatic heterocycles. The fourth-order valence-electron chi connectivity index (χ4n) is 2.29. The molecular formula is C16H14O2S. The third kappa shape index (κ3) is 2.10. The fraction of sp³-hybridized carbons (Fsp3) is 0.125. The van der Waals surface area contributed by atoms with Gasteiger partial charge in [0.2, 0.25) is 9.84 Å². The van der Waals surface area contributed by atoms with E-state index in [1.807, 2.05) is 43.3 Å². The third-order valence-electron chi connectivity index (χ3n) is 3.41. The summed E-state index contributed by atoms with van der Waals surface area (Å²) >= 11 is 0. The molecule has 1 aliphatic rings. The van der Waals surface area contributed by atoms with Gasteiger partial charge in [0.05, 0.1) is 9.80 Å². The largest absolute Gasteiger partial charge is 0.219 e. The Morgan fingerprint density at radius 3 is 2.32 bits per heavy atom. The fourth-order valence-corrected chi connectivity index (χ4v) is 3.71. The number of hydrogen-bond acceptors (Lipinski definition) is 2. The van der Waals surface area contributed by atoms with Gasteiger partial charge in [-0.25, -0.2) is 8.42 Å². The molecule has 0 saturated carbocycles. The highest BCUT2D eigenvalue weighted by molar-refractivity contribution is 7.95. The van der Waals surface area contributed by atoms with Gasteiger partial charge in [0.15, 0.2) is 0 Å². The van der Waals surface area contributed by atoms with Crippen molar-refractivity contribution in [3.63, 3.8) is 0 Å². The quantitative estimate of drug-likeness (QED) is 0.838. The topological polar surface area (TPSA) is 34.1 Å². The zero-order valence-corrected chi connectivity index (χ0v) is 11.4. The first-order valence-electron chi connectivity index (χ1n) is 6.17. The van der Waals surface area contributed by atoms with Crippen molar-refractivity contribution in [3.8, 4) is 0 Å². The lowest BCUT2D eigenvalue weighted by molar-refractivity contribution is 0.601. The Balaban J connectivity index is 2.02. The second-order valence-electron chi connectivity index (χ2n) is 4.80. The standard InChI is InChI=1S/C16H14O2S/c1-12-6-8-15(9-7-12)19(17,18)16-10-13-4-2-3-5-14(13)11-16/h2-10H,11H2,1H3. The van der Waals surface area contributed by atoms with Crippen LogP contribution in [0.2, 0.25) is 0 Å². The molecule has 0 bridgehead atoms. The van der Waals surface area contributed by atoms with Crippen LogP contribution in [0.4, 0.5) is 0 Å². The lowest BCUT2D eigenvalue weighted by Crippen LogP contribution is -2.04. The third-order valence-corrected chi connectivity index (χ3v) is 5.26. The molecule has 96 valence electrons. The maximum Gasteiger partial charge on any atom is 0.203 e. The van der Waals surface area contributed by atoms with Gasteiger partial charge in [-0.05, 0) is 36.3 Å². The van der Waals surface area contributed by atoms with E-state index in [2.05, 4.69) is 0 Å². The predicted molar refractivity (Wildman–Crippen MR) is 76.5 cm³/mol. The summed E-state index contributed by atoms with van der Waals surface area (Å²) in [5.41, 5.74) is 3.14. The van der Waals surface area contributed by atoms with Gasteiger partial charge in [0.25, 0.3) is 0 Å². The molecule has 3 rings (SSSR count). The van der Waals surface area contributed by atoms with Gasteiger partial charge >= 0.3 is 0 Å². The van der Waals surface area contributed by atoms with Crippen LogP contribution in [0.25, 0.3) is 6.08 Å². The summed E-state index contributed by atoms with van der Waals surface area (Å²) in [6.45, 7) is 1.95. The molecule has 0 atom stereocenters. The summed E-state index contributed by atoms with van der Waals surface area (Å²) in [6, 6.07) is 14.8. The minimum Gasteiger partial charge on any atom is -0.219 e. The number of rotatable bonds is 2. The number of aryl methyl sites for hydroxylation is 1. The normalized spacial score (nSPS) is 14.1. The van der Waals surface area contributed by atoms with Crippen molar-refractivity contribution in [1.29, 1.82) is 0 Å². The lowest BCUT2D eigenvalue weighted by Gasteiger charge is -2.05. The molecule has 3 heteroatoms. The van der Waals surface area contributed by atoms with Crippen molar-refractivity contribution in [2.24, 2.45) is 0 Å². The van der Waals surface area contributed by atoms with E-state index >= 15 is 0 Å². The van der Waals surface area contributed by atoms with Gasteiger partial charge in [-0.2, -0.15) is 0 Å². The van der Waals surface area contributed by atoms with Gasteiger partial charge in [0.1, 0.15) is 0 Å². The highest BCUT2D eigenvalue weighted by atomic mass is 32.2. The molecule has 0 spiro atoms. The molecule has 19 heavy (non-hydrogen) atoms. The predicted octanol–water partition coefficient (Wildman–Crippen LogP) is 3.37. The molecule has 0 amide bonds. The van der Waals surface area contributed by atoms with Crippen LogP contribution in [0.1, 0.15) is 16.7 Å². The van der Waals surface area contributed by atoms with Crippen LogP contribution >= 0.6 is 0 Å². The number of hydrogen-bond donors (Lipinski definition) is 0. The van der Waals surface area contributed by atoms with Crippen LogP contribution in [0, 0.1) is 6.92 Å². The van der Waals surface area contributed by atoms with E-state index in [9.17, 15) is 8.42 Å². The number of sulfone groups is 1. The van der Waals surface area contributed by atoms with Gasteiger partial charge < -0.3 is 0 Å². The van der Waals surface area contributed by atoms with Gasteiger partial charge in [0, 0.05) is 6.42 Å². The lowest BCUT2D eigenvalue weighted by atomic mass is 10.1. The molecule has 0 saturated heterocycles. The van der Waals surface area contributed by atoms with Crippen molar-refractivity contribution in [2.45, 2.75) is 18.2 Å². The van der Waals surface area contributed by atoms with Crippen molar-refractivity contribution >= 4 is 15.9 Å². The molecule has 2 aromatic carbocycles. The summed E-state index contributed by atoms with van der Waals surface area (Å²) in [5, 5.41) is 0. The Morgan fingerprint density at radius 1 is 0.947 bits per heavy atom. The Kier molecular flexibility index (Phi) is 2.79.